The van der Waals surface area contributed by atoms with Crippen molar-refractivity contribution in [2.45, 2.75) is 44.2 Å². The van der Waals surface area contributed by atoms with Gasteiger partial charge in [-0.2, -0.15) is 0 Å². The molecule has 19 heavy (non-hydrogen) atoms. The van der Waals surface area contributed by atoms with Crippen LogP contribution in [0.15, 0.2) is 24.3 Å². The summed E-state index contributed by atoms with van der Waals surface area (Å²) in [5.74, 6) is 0.936. The number of nitrogens with zero attached hydrogens (tertiary/aromatic N) is 1. The van der Waals surface area contributed by atoms with E-state index in [1.165, 1.54) is 11.1 Å². The molecule has 0 spiro atoms. The largest absolute Gasteiger partial charge is 0.344 e. The fourth-order valence-corrected chi connectivity index (χ4v) is 3.21. The van der Waals surface area contributed by atoms with Crippen molar-refractivity contribution in [1.82, 2.24) is 10.2 Å². The van der Waals surface area contributed by atoms with Gasteiger partial charge in [0, 0.05) is 19.6 Å². The van der Waals surface area contributed by atoms with Crippen LogP contribution in [0.2, 0.25) is 0 Å². The molecular weight excluding hydrogens is 236 g/mol. The van der Waals surface area contributed by atoms with E-state index in [1.54, 1.807) is 0 Å². The Balaban J connectivity index is 1.52. The average molecular weight is 258 g/mol. The van der Waals surface area contributed by atoms with Crippen LogP contribution in [0.5, 0.6) is 0 Å². The van der Waals surface area contributed by atoms with Gasteiger partial charge in [0.25, 0.3) is 0 Å². The van der Waals surface area contributed by atoms with E-state index in [0.29, 0.717) is 12.0 Å². The van der Waals surface area contributed by atoms with Gasteiger partial charge in [-0.05, 0) is 37.7 Å². The molecule has 1 amide bonds. The van der Waals surface area contributed by atoms with E-state index < -0.39 is 0 Å². The summed E-state index contributed by atoms with van der Waals surface area (Å²) < 4.78 is 0. The zero-order chi connectivity index (χ0) is 13.4. The molecule has 1 saturated carbocycles. The summed E-state index contributed by atoms with van der Waals surface area (Å²) in [4.78, 5) is 13.7. The smallest absolute Gasteiger partial charge is 0.239 e. The van der Waals surface area contributed by atoms with Crippen LogP contribution in [0.25, 0.3) is 0 Å². The number of benzene rings is 1. The Morgan fingerprint density at radius 3 is 2.74 bits per heavy atom. The van der Waals surface area contributed by atoms with Crippen molar-refractivity contribution in [3.8, 4) is 0 Å². The van der Waals surface area contributed by atoms with Crippen molar-refractivity contribution >= 4 is 5.91 Å². The zero-order valence-electron chi connectivity index (χ0n) is 11.7. The first-order valence-corrected chi connectivity index (χ1v) is 7.21. The minimum absolute atomic E-state index is 0.0634. The predicted octanol–water partition coefficient (Wildman–Crippen LogP) is 2.06. The van der Waals surface area contributed by atoms with Crippen LogP contribution in [-0.2, 0) is 4.79 Å². The standard InChI is InChI=1S/C16H22N2O/c1-11-4-3-5-12(8-11)13-9-14(10-13)17-15-6-7-18(2)16(15)19/h3-5,8,13-15,17H,6-7,9-10H2,1-2H3. The van der Waals surface area contributed by atoms with Gasteiger partial charge in [-0.25, -0.2) is 0 Å². The number of aryl methyl sites for hydroxylation is 1. The highest BCUT2D eigenvalue weighted by atomic mass is 16.2. The number of carbonyl (C=O) groups excluding carboxylic acids is 1. The number of hydrogen-bond acceptors (Lipinski definition) is 2. The van der Waals surface area contributed by atoms with Crippen LogP contribution in [0.3, 0.4) is 0 Å². The first-order chi connectivity index (χ1) is 9.13. The Morgan fingerprint density at radius 2 is 2.11 bits per heavy atom. The van der Waals surface area contributed by atoms with Gasteiger partial charge in [-0.1, -0.05) is 29.8 Å². The molecule has 3 nitrogen and oxygen atoms in total. The molecule has 3 heteroatoms. The maximum atomic E-state index is 11.8. The summed E-state index contributed by atoms with van der Waals surface area (Å²) in [6, 6.07) is 9.38. The number of likely N-dealkylation sites (N-methyl/N-ethyl adjacent to an activating group) is 1. The number of hydrogen-bond donors (Lipinski definition) is 1. The van der Waals surface area contributed by atoms with Crippen molar-refractivity contribution in [3.05, 3.63) is 35.4 Å². The minimum atomic E-state index is 0.0634. The third kappa shape index (κ3) is 2.52. The van der Waals surface area contributed by atoms with Crippen LogP contribution in [-0.4, -0.2) is 36.5 Å². The summed E-state index contributed by atoms with van der Waals surface area (Å²) in [6.45, 7) is 3.04. The van der Waals surface area contributed by atoms with E-state index in [-0.39, 0.29) is 11.9 Å². The summed E-state index contributed by atoms with van der Waals surface area (Å²) in [6.07, 6.45) is 3.29. The summed E-state index contributed by atoms with van der Waals surface area (Å²) in [5, 5.41) is 3.52. The van der Waals surface area contributed by atoms with E-state index in [9.17, 15) is 4.79 Å². The first kappa shape index (κ1) is 12.7. The Hall–Kier alpha value is -1.35. The molecule has 2 aliphatic rings. The maximum Gasteiger partial charge on any atom is 0.239 e. The third-order valence-corrected chi connectivity index (χ3v) is 4.52. The Morgan fingerprint density at radius 1 is 1.32 bits per heavy atom. The Bertz CT molecular complexity index is 479. The van der Waals surface area contributed by atoms with Crippen LogP contribution < -0.4 is 5.32 Å². The molecule has 0 aromatic heterocycles. The van der Waals surface area contributed by atoms with Gasteiger partial charge in [-0.3, -0.25) is 4.79 Å². The molecule has 102 valence electrons. The zero-order valence-corrected chi connectivity index (χ0v) is 11.7. The fraction of sp³-hybridized carbons (Fsp3) is 0.562. The molecule has 2 fully saturated rings. The Kier molecular flexibility index (Phi) is 3.31. The van der Waals surface area contributed by atoms with Crippen LogP contribution in [0.4, 0.5) is 0 Å². The van der Waals surface area contributed by atoms with Crippen molar-refractivity contribution in [2.24, 2.45) is 0 Å². The molecule has 1 aliphatic heterocycles. The fourth-order valence-electron chi connectivity index (χ4n) is 3.21. The molecule has 0 bridgehead atoms. The molecule has 1 aliphatic carbocycles. The van der Waals surface area contributed by atoms with Gasteiger partial charge < -0.3 is 10.2 Å². The normalized spacial score (nSPS) is 30.5. The Labute approximate surface area is 115 Å². The monoisotopic (exact) mass is 258 g/mol. The number of nitrogens with one attached hydrogen (secondary N) is 1. The second-order valence-corrected chi connectivity index (χ2v) is 6.05. The van der Waals surface area contributed by atoms with Crippen molar-refractivity contribution in [3.63, 3.8) is 0 Å². The van der Waals surface area contributed by atoms with E-state index in [2.05, 4.69) is 36.5 Å². The molecular formula is C16H22N2O. The topological polar surface area (TPSA) is 32.3 Å². The molecule has 1 heterocycles. The highest BCUT2D eigenvalue weighted by Crippen LogP contribution is 2.37. The summed E-state index contributed by atoms with van der Waals surface area (Å²) >= 11 is 0. The third-order valence-electron chi connectivity index (χ3n) is 4.52. The van der Waals surface area contributed by atoms with Crippen molar-refractivity contribution in [2.75, 3.05) is 13.6 Å². The lowest BCUT2D eigenvalue weighted by atomic mass is 9.75. The highest BCUT2D eigenvalue weighted by molar-refractivity contribution is 5.83. The quantitative estimate of drug-likeness (QED) is 0.900. The van der Waals surface area contributed by atoms with Crippen molar-refractivity contribution in [1.29, 1.82) is 0 Å². The summed E-state index contributed by atoms with van der Waals surface area (Å²) in [7, 11) is 1.89. The molecule has 1 unspecified atom stereocenters. The van der Waals surface area contributed by atoms with Gasteiger partial charge in [0.2, 0.25) is 5.91 Å². The van der Waals surface area contributed by atoms with E-state index in [0.717, 1.165) is 25.8 Å². The van der Waals surface area contributed by atoms with E-state index >= 15 is 0 Å². The predicted molar refractivity (Wildman–Crippen MR) is 76.1 cm³/mol. The molecule has 1 N–H and O–H groups in total. The van der Waals surface area contributed by atoms with Gasteiger partial charge in [0.1, 0.15) is 0 Å². The number of amides is 1. The SMILES string of the molecule is Cc1cccc(C2CC(NC3CCN(C)C3=O)C2)c1. The number of carbonyl (C=O) groups is 1. The van der Waals surface area contributed by atoms with Crippen LogP contribution in [0.1, 0.15) is 36.3 Å². The molecule has 1 aromatic rings. The van der Waals surface area contributed by atoms with Crippen molar-refractivity contribution < 1.29 is 4.79 Å². The molecule has 3 rings (SSSR count). The molecule has 1 saturated heterocycles. The lowest BCUT2D eigenvalue weighted by Gasteiger charge is -2.37. The number of rotatable bonds is 3. The van der Waals surface area contributed by atoms with Gasteiger partial charge in [-0.15, -0.1) is 0 Å². The van der Waals surface area contributed by atoms with Gasteiger partial charge in [0.15, 0.2) is 0 Å². The van der Waals surface area contributed by atoms with Crippen LogP contribution >= 0.6 is 0 Å². The second kappa shape index (κ2) is 4.97. The average Bonchev–Trinajstić information content (AvgIpc) is 2.64. The lowest BCUT2D eigenvalue weighted by Crippen LogP contribution is -2.48. The second-order valence-electron chi connectivity index (χ2n) is 6.05. The van der Waals surface area contributed by atoms with E-state index in [1.807, 2.05) is 11.9 Å². The summed E-state index contributed by atoms with van der Waals surface area (Å²) in [5.41, 5.74) is 2.79. The minimum Gasteiger partial charge on any atom is -0.344 e. The van der Waals surface area contributed by atoms with Gasteiger partial charge in [0.05, 0.1) is 6.04 Å². The molecule has 1 atom stereocenters. The van der Waals surface area contributed by atoms with Crippen LogP contribution in [0, 0.1) is 6.92 Å². The maximum absolute atomic E-state index is 11.8. The number of likely N-dealkylation sites (tertiary alicyclic amines) is 1. The molecule has 1 aromatic carbocycles. The molecule has 0 radical (unpaired) electrons. The first-order valence-electron chi connectivity index (χ1n) is 7.21. The van der Waals surface area contributed by atoms with Gasteiger partial charge >= 0.3 is 0 Å². The van der Waals surface area contributed by atoms with E-state index in [4.69, 9.17) is 0 Å². The highest BCUT2D eigenvalue weighted by Gasteiger charge is 2.36. The lowest BCUT2D eigenvalue weighted by molar-refractivity contribution is -0.128.